The van der Waals surface area contributed by atoms with E-state index in [-0.39, 0.29) is 5.56 Å². The Kier molecular flexibility index (Phi) is 4.47. The number of nitrogens with zero attached hydrogens (tertiary/aromatic N) is 5. The molecule has 0 aliphatic rings. The molecule has 2 heterocycles. The molecule has 0 saturated carbocycles. The molecule has 25 heavy (non-hydrogen) atoms. The molecule has 7 heteroatoms. The van der Waals surface area contributed by atoms with Gasteiger partial charge in [-0.25, -0.2) is 19.7 Å². The number of carboxylic acid groups (broad SMARTS) is 1. The number of imidazole rings is 1. The van der Waals surface area contributed by atoms with Crippen LogP contribution in [0.5, 0.6) is 0 Å². The molecule has 1 N–H and O–H groups in total. The van der Waals surface area contributed by atoms with Crippen LogP contribution in [0.4, 0.5) is 5.82 Å². The van der Waals surface area contributed by atoms with Crippen molar-refractivity contribution in [3.63, 3.8) is 0 Å². The summed E-state index contributed by atoms with van der Waals surface area (Å²) in [5.41, 5.74) is 2.55. The van der Waals surface area contributed by atoms with Crippen molar-refractivity contribution in [3.05, 3.63) is 65.6 Å². The highest BCUT2D eigenvalue weighted by Crippen LogP contribution is 2.17. The molecule has 0 spiro atoms. The maximum Gasteiger partial charge on any atom is 0.337 e. The van der Waals surface area contributed by atoms with Crippen molar-refractivity contribution in [1.82, 2.24) is 19.5 Å². The highest BCUT2D eigenvalue weighted by molar-refractivity contribution is 5.91. The van der Waals surface area contributed by atoms with E-state index in [0.717, 1.165) is 23.0 Å². The molecule has 1 aromatic carbocycles. The molecule has 3 aromatic rings. The van der Waals surface area contributed by atoms with Crippen molar-refractivity contribution in [2.45, 2.75) is 20.4 Å². The zero-order chi connectivity index (χ0) is 18.0. The molecular formula is C18H19N5O2. The van der Waals surface area contributed by atoms with Gasteiger partial charge < -0.3 is 14.6 Å². The first-order chi connectivity index (χ1) is 11.9. The molecule has 3 rings (SSSR count). The number of aromatic carboxylic acids is 1. The maximum absolute atomic E-state index is 11.4. The topological polar surface area (TPSA) is 84.1 Å². The molecule has 0 aliphatic heterocycles. The van der Waals surface area contributed by atoms with Gasteiger partial charge in [-0.05, 0) is 26.0 Å². The second-order valence-corrected chi connectivity index (χ2v) is 5.87. The first-order valence-electron chi connectivity index (χ1n) is 7.83. The molecule has 2 aromatic heterocycles. The summed E-state index contributed by atoms with van der Waals surface area (Å²) < 4.78 is 1.73. The molecule has 0 unspecified atom stereocenters. The molecule has 128 valence electrons. The normalized spacial score (nSPS) is 10.7. The van der Waals surface area contributed by atoms with E-state index in [1.807, 2.05) is 38.1 Å². The van der Waals surface area contributed by atoms with Gasteiger partial charge in [0.15, 0.2) is 0 Å². The highest BCUT2D eigenvalue weighted by Gasteiger charge is 2.12. The van der Waals surface area contributed by atoms with Gasteiger partial charge in [-0.2, -0.15) is 0 Å². The summed E-state index contributed by atoms with van der Waals surface area (Å²) in [5, 5.41) is 9.32. The Morgan fingerprint density at radius 2 is 2.00 bits per heavy atom. The molecular weight excluding hydrogens is 318 g/mol. The Balaban J connectivity index is 1.84. The quantitative estimate of drug-likeness (QED) is 0.770. The Morgan fingerprint density at radius 3 is 2.72 bits per heavy atom. The lowest BCUT2D eigenvalue weighted by molar-refractivity contribution is 0.0697. The smallest absolute Gasteiger partial charge is 0.337 e. The summed E-state index contributed by atoms with van der Waals surface area (Å²) in [4.78, 5) is 26.5. The molecule has 0 fully saturated rings. The fourth-order valence-electron chi connectivity index (χ4n) is 2.67. The predicted molar refractivity (Wildman–Crippen MR) is 94.1 cm³/mol. The minimum absolute atomic E-state index is 0.238. The molecule has 0 saturated heterocycles. The number of para-hydroxylation sites is 1. The van der Waals surface area contributed by atoms with Gasteiger partial charge in [-0.3, -0.25) is 0 Å². The fourth-order valence-corrected chi connectivity index (χ4v) is 2.67. The van der Waals surface area contributed by atoms with Gasteiger partial charge in [0.1, 0.15) is 11.6 Å². The van der Waals surface area contributed by atoms with Crippen LogP contribution >= 0.6 is 0 Å². The number of benzene rings is 1. The second-order valence-electron chi connectivity index (χ2n) is 5.87. The van der Waals surface area contributed by atoms with Crippen LogP contribution < -0.4 is 4.90 Å². The van der Waals surface area contributed by atoms with Gasteiger partial charge in [-0.1, -0.05) is 12.1 Å². The van der Waals surface area contributed by atoms with Crippen LogP contribution in [0.3, 0.4) is 0 Å². The van der Waals surface area contributed by atoms with Gasteiger partial charge in [0.25, 0.3) is 0 Å². The van der Waals surface area contributed by atoms with Crippen molar-refractivity contribution >= 4 is 11.8 Å². The van der Waals surface area contributed by atoms with E-state index in [4.69, 9.17) is 0 Å². The number of hydrogen-bond acceptors (Lipinski definition) is 5. The zero-order valence-electron chi connectivity index (χ0n) is 14.3. The van der Waals surface area contributed by atoms with Crippen molar-refractivity contribution in [2.24, 2.45) is 0 Å². The maximum atomic E-state index is 11.4. The Morgan fingerprint density at radius 1 is 1.24 bits per heavy atom. The first kappa shape index (κ1) is 16.6. The number of aromatic nitrogens is 4. The summed E-state index contributed by atoms with van der Waals surface area (Å²) >= 11 is 0. The lowest BCUT2D eigenvalue weighted by Gasteiger charge is -2.17. The minimum Gasteiger partial charge on any atom is -0.478 e. The Bertz CT molecular complexity index is 899. The number of hydrogen-bond donors (Lipinski definition) is 1. The lowest BCUT2D eigenvalue weighted by atomic mass is 10.2. The molecule has 0 aliphatic carbocycles. The largest absolute Gasteiger partial charge is 0.478 e. The third-order valence-electron chi connectivity index (χ3n) is 3.79. The van der Waals surface area contributed by atoms with Crippen LogP contribution in [-0.4, -0.2) is 37.6 Å². The average Bonchev–Trinajstić information content (AvgIpc) is 3.02. The van der Waals surface area contributed by atoms with Crippen LogP contribution in [0.15, 0.2) is 42.9 Å². The zero-order valence-corrected chi connectivity index (χ0v) is 14.3. The molecule has 0 radical (unpaired) electrons. The highest BCUT2D eigenvalue weighted by atomic mass is 16.4. The SMILES string of the molecule is Cc1cc(N(C)Cc2cn(-c3ccccc3C(=O)O)cn2)nc(C)n1. The lowest BCUT2D eigenvalue weighted by Crippen LogP contribution is -2.18. The first-order valence-corrected chi connectivity index (χ1v) is 7.83. The standard InChI is InChI=1S/C18H19N5O2/c1-12-8-17(21-13(2)20-12)22(3)9-14-10-23(11-19-14)16-7-5-4-6-15(16)18(24)25/h4-8,10-11H,9H2,1-3H3,(H,24,25). The van der Waals surface area contributed by atoms with E-state index in [0.29, 0.717) is 12.2 Å². The van der Waals surface area contributed by atoms with Gasteiger partial charge >= 0.3 is 5.97 Å². The number of carbonyl (C=O) groups is 1. The predicted octanol–water partition coefficient (Wildman–Crippen LogP) is 2.61. The average molecular weight is 337 g/mol. The minimum atomic E-state index is -0.963. The van der Waals surface area contributed by atoms with Gasteiger partial charge in [-0.15, -0.1) is 0 Å². The third kappa shape index (κ3) is 3.65. The van der Waals surface area contributed by atoms with E-state index in [1.54, 1.807) is 35.2 Å². The Labute approximate surface area is 145 Å². The summed E-state index contributed by atoms with van der Waals surface area (Å²) in [6.45, 7) is 4.35. The fraction of sp³-hybridized carbons (Fsp3) is 0.222. The van der Waals surface area contributed by atoms with E-state index in [2.05, 4.69) is 15.0 Å². The monoisotopic (exact) mass is 337 g/mol. The van der Waals surface area contributed by atoms with E-state index < -0.39 is 5.97 Å². The number of anilines is 1. The van der Waals surface area contributed by atoms with Gasteiger partial charge in [0.05, 0.1) is 29.8 Å². The summed E-state index contributed by atoms with van der Waals surface area (Å²) in [6.07, 6.45) is 3.46. The van der Waals surface area contributed by atoms with Crippen molar-refractivity contribution in [3.8, 4) is 5.69 Å². The van der Waals surface area contributed by atoms with Crippen LogP contribution in [0.25, 0.3) is 5.69 Å². The van der Waals surface area contributed by atoms with Gasteiger partial charge in [0.2, 0.25) is 0 Å². The van der Waals surface area contributed by atoms with Crippen molar-refractivity contribution < 1.29 is 9.90 Å². The van der Waals surface area contributed by atoms with Crippen LogP contribution in [0.2, 0.25) is 0 Å². The van der Waals surface area contributed by atoms with E-state index in [1.165, 1.54) is 0 Å². The second kappa shape index (κ2) is 6.72. The Hall–Kier alpha value is -3.22. The summed E-state index contributed by atoms with van der Waals surface area (Å²) in [7, 11) is 1.94. The number of aryl methyl sites for hydroxylation is 2. The molecule has 0 amide bonds. The molecule has 7 nitrogen and oxygen atoms in total. The van der Waals surface area contributed by atoms with Crippen molar-refractivity contribution in [2.75, 3.05) is 11.9 Å². The number of rotatable bonds is 5. The van der Waals surface area contributed by atoms with Crippen LogP contribution in [0.1, 0.15) is 27.6 Å². The van der Waals surface area contributed by atoms with Crippen molar-refractivity contribution in [1.29, 1.82) is 0 Å². The van der Waals surface area contributed by atoms with E-state index >= 15 is 0 Å². The summed E-state index contributed by atoms with van der Waals surface area (Å²) in [6, 6.07) is 8.77. The van der Waals surface area contributed by atoms with E-state index in [9.17, 15) is 9.90 Å². The summed E-state index contributed by atoms with van der Waals surface area (Å²) in [5.74, 6) is 0.586. The molecule has 0 bridgehead atoms. The van der Waals surface area contributed by atoms with Crippen LogP contribution in [0, 0.1) is 13.8 Å². The molecule has 0 atom stereocenters. The third-order valence-corrected chi connectivity index (χ3v) is 3.79. The number of carboxylic acids is 1. The van der Waals surface area contributed by atoms with Gasteiger partial charge in [0, 0.05) is 25.0 Å². The van der Waals surface area contributed by atoms with Crippen LogP contribution in [-0.2, 0) is 6.54 Å².